The van der Waals surface area contributed by atoms with Crippen LogP contribution in [0.5, 0.6) is 0 Å². The summed E-state index contributed by atoms with van der Waals surface area (Å²) >= 11 is 0. The molecule has 54 heavy (non-hydrogen) atoms. The quantitative estimate of drug-likeness (QED) is 0.168. The van der Waals surface area contributed by atoms with Crippen molar-refractivity contribution in [3.05, 3.63) is 199 Å². The Labute approximate surface area is 318 Å². The lowest BCUT2D eigenvalue weighted by atomic mass is 9.82. The molecule has 1 heterocycles. The van der Waals surface area contributed by atoms with Crippen LogP contribution >= 0.6 is 0 Å². The summed E-state index contributed by atoms with van der Waals surface area (Å²) in [5.74, 6) is 0. The highest BCUT2D eigenvalue weighted by Gasteiger charge is 2.36. The minimum atomic E-state index is -0.115. The van der Waals surface area contributed by atoms with E-state index in [-0.39, 0.29) is 11.0 Å². The highest BCUT2D eigenvalue weighted by molar-refractivity contribution is 6.09. The van der Waals surface area contributed by atoms with Crippen LogP contribution in [0.1, 0.15) is 38.3 Å². The molecule has 0 radical (unpaired) electrons. The predicted molar refractivity (Wildman–Crippen MR) is 229 cm³/mol. The molecule has 10 rings (SSSR count). The molecule has 2 nitrogen and oxygen atoms in total. The lowest BCUT2D eigenvalue weighted by Gasteiger charge is -2.31. The average Bonchev–Trinajstić information content (AvgIpc) is 3.67. The molecule has 0 N–H and O–H groups in total. The van der Waals surface area contributed by atoms with E-state index in [1.54, 1.807) is 0 Å². The Bertz CT molecular complexity index is 2780. The number of aromatic nitrogens is 1. The molecule has 7 aromatic carbocycles. The fourth-order valence-corrected chi connectivity index (χ4v) is 9.12. The number of hydrogen-bond acceptors (Lipinski definition) is 1. The van der Waals surface area contributed by atoms with Crippen LogP contribution in [0.15, 0.2) is 188 Å². The second-order valence-corrected chi connectivity index (χ2v) is 15.6. The van der Waals surface area contributed by atoms with Crippen molar-refractivity contribution >= 4 is 38.9 Å². The topological polar surface area (TPSA) is 8.17 Å². The second kappa shape index (κ2) is 12.4. The Kier molecular flexibility index (Phi) is 7.39. The number of para-hydroxylation sites is 1. The Balaban J connectivity index is 1.08. The van der Waals surface area contributed by atoms with Crippen molar-refractivity contribution in [1.29, 1.82) is 0 Å². The SMILES string of the molecule is CC1(C)c2ccccc2-c2ccc(N(c3ccc(-c4ccc5c(c4)c4ccccc4n5C4(C)C=CC=CC4)cc3)c3cccc(-c4ccccc4)c3)cc21. The summed E-state index contributed by atoms with van der Waals surface area (Å²) in [4.78, 5) is 2.42. The smallest absolute Gasteiger partial charge is 0.0643 e. The molecule has 2 aliphatic rings. The van der Waals surface area contributed by atoms with Gasteiger partial charge in [-0.05, 0) is 112 Å². The molecule has 1 atom stereocenters. The second-order valence-electron chi connectivity index (χ2n) is 15.6. The van der Waals surface area contributed by atoms with Crippen LogP contribution in [0.4, 0.5) is 17.1 Å². The molecule has 0 saturated carbocycles. The molecule has 0 bridgehead atoms. The van der Waals surface area contributed by atoms with Crippen LogP contribution in [-0.2, 0) is 11.0 Å². The highest BCUT2D eigenvalue weighted by atomic mass is 15.1. The summed E-state index contributed by atoms with van der Waals surface area (Å²) in [6.07, 6.45) is 9.93. The van der Waals surface area contributed by atoms with Gasteiger partial charge < -0.3 is 9.47 Å². The lowest BCUT2D eigenvalue weighted by molar-refractivity contribution is 0.437. The maximum absolute atomic E-state index is 2.53. The summed E-state index contributed by atoms with van der Waals surface area (Å²) in [6, 6.07) is 60.5. The molecule has 0 amide bonds. The lowest BCUT2D eigenvalue weighted by Crippen LogP contribution is -2.27. The standard InChI is InChI=1S/C52H42N2/c1-51(2)47-21-10-8-19-43(47)44-29-28-42(35-48(44)51)53(41-18-14-17-38(33-41)36-15-6-4-7-16-36)40-26-23-37(24-27-40)39-25-30-50-46(34-39)45-20-9-11-22-49(45)54(50)52(3)31-12-5-13-32-52/h4-31,33-35H,32H2,1-3H3. The Hall–Kier alpha value is -6.38. The van der Waals surface area contributed by atoms with E-state index in [0.29, 0.717) is 0 Å². The summed E-state index contributed by atoms with van der Waals surface area (Å²) in [5.41, 5.74) is 16.0. The van der Waals surface area contributed by atoms with E-state index in [1.807, 2.05) is 0 Å². The first-order valence-electron chi connectivity index (χ1n) is 19.1. The van der Waals surface area contributed by atoms with Gasteiger partial charge in [-0.15, -0.1) is 0 Å². The van der Waals surface area contributed by atoms with Gasteiger partial charge >= 0.3 is 0 Å². The van der Waals surface area contributed by atoms with Gasteiger partial charge in [0.1, 0.15) is 0 Å². The molecule has 1 aromatic heterocycles. The number of benzene rings is 7. The van der Waals surface area contributed by atoms with Gasteiger partial charge in [0.2, 0.25) is 0 Å². The third kappa shape index (κ3) is 5.09. The molecule has 0 aliphatic heterocycles. The van der Waals surface area contributed by atoms with Crippen LogP contribution < -0.4 is 4.90 Å². The van der Waals surface area contributed by atoms with Crippen molar-refractivity contribution in [3.8, 4) is 33.4 Å². The van der Waals surface area contributed by atoms with E-state index in [4.69, 9.17) is 0 Å². The van der Waals surface area contributed by atoms with Crippen molar-refractivity contribution < 1.29 is 0 Å². The van der Waals surface area contributed by atoms with Crippen LogP contribution in [-0.4, -0.2) is 4.57 Å². The van der Waals surface area contributed by atoms with Gasteiger partial charge in [-0.2, -0.15) is 0 Å². The summed E-state index contributed by atoms with van der Waals surface area (Å²) in [5, 5.41) is 2.58. The van der Waals surface area contributed by atoms with Gasteiger partial charge in [0.05, 0.1) is 5.54 Å². The van der Waals surface area contributed by atoms with Gasteiger partial charge in [-0.1, -0.05) is 147 Å². The van der Waals surface area contributed by atoms with Gasteiger partial charge in [-0.25, -0.2) is 0 Å². The zero-order chi connectivity index (χ0) is 36.4. The minimum absolute atomic E-state index is 0.0908. The third-order valence-electron chi connectivity index (χ3n) is 11.9. The van der Waals surface area contributed by atoms with Gasteiger partial charge in [0.15, 0.2) is 0 Å². The van der Waals surface area contributed by atoms with E-state index in [2.05, 4.69) is 218 Å². The molecular weight excluding hydrogens is 653 g/mol. The van der Waals surface area contributed by atoms with E-state index in [9.17, 15) is 0 Å². The molecule has 2 aliphatic carbocycles. The van der Waals surface area contributed by atoms with Crippen molar-refractivity contribution in [2.75, 3.05) is 4.90 Å². The van der Waals surface area contributed by atoms with E-state index in [0.717, 1.165) is 23.5 Å². The number of allylic oxidation sites excluding steroid dienone is 4. The first-order chi connectivity index (χ1) is 26.4. The molecule has 0 saturated heterocycles. The highest BCUT2D eigenvalue weighted by Crippen LogP contribution is 2.51. The van der Waals surface area contributed by atoms with Crippen LogP contribution in [0.3, 0.4) is 0 Å². The number of hydrogen-bond donors (Lipinski definition) is 0. The van der Waals surface area contributed by atoms with E-state index >= 15 is 0 Å². The largest absolute Gasteiger partial charge is 0.331 e. The molecule has 8 aromatic rings. The molecule has 260 valence electrons. The maximum atomic E-state index is 2.53. The van der Waals surface area contributed by atoms with Crippen LogP contribution in [0.2, 0.25) is 0 Å². The Morgan fingerprint density at radius 1 is 0.463 bits per heavy atom. The number of rotatable bonds is 6. The third-order valence-corrected chi connectivity index (χ3v) is 11.9. The summed E-state index contributed by atoms with van der Waals surface area (Å²) in [7, 11) is 0. The van der Waals surface area contributed by atoms with Crippen LogP contribution in [0.25, 0.3) is 55.2 Å². The normalized spacial score (nSPS) is 16.8. The van der Waals surface area contributed by atoms with Crippen molar-refractivity contribution in [2.45, 2.75) is 38.1 Å². The molecular formula is C52H42N2. The van der Waals surface area contributed by atoms with Gasteiger partial charge in [-0.3, -0.25) is 0 Å². The first-order valence-corrected chi connectivity index (χ1v) is 19.1. The maximum Gasteiger partial charge on any atom is 0.0643 e. The molecule has 2 heteroatoms. The summed E-state index contributed by atoms with van der Waals surface area (Å²) < 4.78 is 2.53. The van der Waals surface area contributed by atoms with Crippen molar-refractivity contribution in [1.82, 2.24) is 4.57 Å². The molecule has 0 fully saturated rings. The average molecular weight is 695 g/mol. The fourth-order valence-electron chi connectivity index (χ4n) is 9.12. The number of anilines is 3. The van der Waals surface area contributed by atoms with Crippen molar-refractivity contribution in [3.63, 3.8) is 0 Å². The fraction of sp³-hybridized carbons (Fsp3) is 0.115. The van der Waals surface area contributed by atoms with Gasteiger partial charge in [0.25, 0.3) is 0 Å². The Morgan fingerprint density at radius 2 is 1.11 bits per heavy atom. The summed E-state index contributed by atoms with van der Waals surface area (Å²) in [6.45, 7) is 7.05. The minimum Gasteiger partial charge on any atom is -0.331 e. The van der Waals surface area contributed by atoms with E-state index < -0.39 is 0 Å². The zero-order valence-electron chi connectivity index (χ0n) is 31.0. The number of fused-ring (bicyclic) bond motifs is 6. The van der Waals surface area contributed by atoms with E-state index in [1.165, 1.54) is 66.3 Å². The predicted octanol–water partition coefficient (Wildman–Crippen LogP) is 14.1. The molecule has 1 unspecified atom stereocenters. The zero-order valence-corrected chi connectivity index (χ0v) is 31.0. The van der Waals surface area contributed by atoms with Crippen LogP contribution in [0, 0.1) is 0 Å². The van der Waals surface area contributed by atoms with Gasteiger partial charge in [0, 0.05) is 44.3 Å². The number of nitrogens with zero attached hydrogens (tertiary/aromatic N) is 2. The first kappa shape index (κ1) is 32.3. The Morgan fingerprint density at radius 3 is 1.94 bits per heavy atom. The molecule has 0 spiro atoms. The van der Waals surface area contributed by atoms with Crippen molar-refractivity contribution in [2.24, 2.45) is 0 Å². The monoisotopic (exact) mass is 694 g/mol.